The molecule has 1 amide bonds. The Bertz CT molecular complexity index is 1030. The number of rotatable bonds is 6. The number of carbonyl (C=O) groups is 1. The molecule has 9 heteroatoms. The van der Waals surface area contributed by atoms with Gasteiger partial charge in [0.15, 0.2) is 0 Å². The number of aromatic nitrogens is 2. The van der Waals surface area contributed by atoms with E-state index in [0.717, 1.165) is 12.1 Å². The number of nitrogens with zero attached hydrogens (tertiary/aromatic N) is 2. The van der Waals surface area contributed by atoms with Gasteiger partial charge in [-0.2, -0.15) is 18.3 Å². The van der Waals surface area contributed by atoms with Gasteiger partial charge in [-0.3, -0.25) is 4.79 Å². The number of hydrogen-bond donors (Lipinski definition) is 2. The van der Waals surface area contributed by atoms with E-state index >= 15 is 0 Å². The maximum Gasteiger partial charge on any atom is 0.416 e. The summed E-state index contributed by atoms with van der Waals surface area (Å²) in [4.78, 5) is 12.8. The zero-order valence-corrected chi connectivity index (χ0v) is 16.7. The molecule has 0 unspecified atom stereocenters. The van der Waals surface area contributed by atoms with Crippen LogP contribution in [0.3, 0.4) is 0 Å². The van der Waals surface area contributed by atoms with Crippen molar-refractivity contribution >= 4 is 17.5 Å². The lowest BCUT2D eigenvalue weighted by Crippen LogP contribution is -2.29. The second-order valence-corrected chi connectivity index (χ2v) is 7.13. The Morgan fingerprint density at radius 3 is 2.57 bits per heavy atom. The van der Waals surface area contributed by atoms with Crippen molar-refractivity contribution in [2.75, 3.05) is 6.61 Å². The van der Waals surface area contributed by atoms with Crippen molar-refractivity contribution in [2.24, 2.45) is 0 Å². The van der Waals surface area contributed by atoms with Gasteiger partial charge in [-0.1, -0.05) is 23.7 Å². The summed E-state index contributed by atoms with van der Waals surface area (Å²) in [6.45, 7) is 1.41. The number of carbonyl (C=O) groups excluding carboxylic acids is 1. The second-order valence-electron chi connectivity index (χ2n) is 6.69. The van der Waals surface area contributed by atoms with Crippen molar-refractivity contribution < 1.29 is 23.1 Å². The Kier molecular flexibility index (Phi) is 6.48. The number of hydrogen-bond acceptors (Lipinski definition) is 3. The van der Waals surface area contributed by atoms with E-state index in [1.807, 2.05) is 0 Å². The quantitative estimate of drug-likeness (QED) is 0.587. The van der Waals surface area contributed by atoms with Gasteiger partial charge in [-0.15, -0.1) is 0 Å². The van der Waals surface area contributed by atoms with Crippen molar-refractivity contribution in [3.8, 4) is 5.69 Å². The zero-order chi connectivity index (χ0) is 21.9. The predicted octanol–water partition coefficient (Wildman–Crippen LogP) is 4.71. The van der Waals surface area contributed by atoms with Crippen LogP contribution in [0.1, 0.15) is 39.6 Å². The Labute approximate surface area is 176 Å². The minimum atomic E-state index is -4.50. The molecule has 1 heterocycles. The van der Waals surface area contributed by atoms with Gasteiger partial charge in [0, 0.05) is 11.6 Å². The lowest BCUT2D eigenvalue weighted by Gasteiger charge is -2.19. The van der Waals surface area contributed by atoms with Gasteiger partial charge in [0.05, 0.1) is 34.7 Å². The first kappa shape index (κ1) is 21.9. The van der Waals surface area contributed by atoms with Crippen LogP contribution >= 0.6 is 11.6 Å². The fourth-order valence-corrected chi connectivity index (χ4v) is 3.22. The maximum atomic E-state index is 13.0. The summed E-state index contributed by atoms with van der Waals surface area (Å²) in [6, 6.07) is 10.8. The second kappa shape index (κ2) is 8.89. The monoisotopic (exact) mass is 437 g/mol. The Hall–Kier alpha value is -2.84. The smallest absolute Gasteiger partial charge is 0.396 e. The summed E-state index contributed by atoms with van der Waals surface area (Å²) < 4.78 is 40.7. The molecular weight excluding hydrogens is 419 g/mol. The molecule has 1 atom stereocenters. The summed E-state index contributed by atoms with van der Waals surface area (Å²) in [5, 5.41) is 16.8. The van der Waals surface area contributed by atoms with Gasteiger partial charge >= 0.3 is 6.18 Å². The molecule has 0 bridgehead atoms. The van der Waals surface area contributed by atoms with Crippen LogP contribution in [0, 0.1) is 6.92 Å². The average molecular weight is 438 g/mol. The highest BCUT2D eigenvalue weighted by Gasteiger charge is 2.31. The number of nitrogens with one attached hydrogen (secondary N) is 1. The van der Waals surface area contributed by atoms with Gasteiger partial charge in [0.25, 0.3) is 5.91 Å². The molecule has 0 saturated heterocycles. The van der Waals surface area contributed by atoms with Crippen LogP contribution in [0.4, 0.5) is 13.2 Å². The molecule has 0 fully saturated rings. The van der Waals surface area contributed by atoms with E-state index in [0.29, 0.717) is 16.4 Å². The summed E-state index contributed by atoms with van der Waals surface area (Å²) >= 11 is 5.89. The van der Waals surface area contributed by atoms with Crippen LogP contribution in [-0.4, -0.2) is 27.4 Å². The first-order valence-corrected chi connectivity index (χ1v) is 9.48. The fourth-order valence-electron chi connectivity index (χ4n) is 3.09. The molecule has 30 heavy (non-hydrogen) atoms. The van der Waals surface area contributed by atoms with E-state index in [2.05, 4.69) is 10.4 Å². The number of amides is 1. The van der Waals surface area contributed by atoms with Crippen LogP contribution in [0.15, 0.2) is 54.7 Å². The molecule has 0 aliphatic heterocycles. The van der Waals surface area contributed by atoms with Crippen LogP contribution in [0.2, 0.25) is 5.02 Å². The number of alkyl halides is 3. The Balaban J connectivity index is 1.85. The molecule has 5 nitrogen and oxygen atoms in total. The van der Waals surface area contributed by atoms with Crippen molar-refractivity contribution in [3.63, 3.8) is 0 Å². The molecule has 158 valence electrons. The van der Waals surface area contributed by atoms with Gasteiger partial charge in [-0.25, -0.2) is 4.68 Å². The van der Waals surface area contributed by atoms with Gasteiger partial charge in [-0.05, 0) is 55.3 Å². The number of aliphatic hydroxyl groups excluding tert-OH is 1. The molecule has 0 aliphatic rings. The van der Waals surface area contributed by atoms with Gasteiger partial charge in [0.1, 0.15) is 0 Å². The first-order chi connectivity index (χ1) is 14.2. The third kappa shape index (κ3) is 4.83. The van der Waals surface area contributed by atoms with E-state index in [1.54, 1.807) is 35.9 Å². The standard InChI is InChI=1S/C21H19ClF3N3O2/c1-13-18(12-26-28(13)17-7-5-16(22)6-8-17)20(30)27-19(9-10-29)14-3-2-4-15(11-14)21(23,24)25/h2-8,11-12,19,29H,9-10H2,1H3,(H,27,30)/t19-/m0/s1. The summed E-state index contributed by atoms with van der Waals surface area (Å²) in [5.41, 5.74) is 0.987. The van der Waals surface area contributed by atoms with Gasteiger partial charge in [0.2, 0.25) is 0 Å². The lowest BCUT2D eigenvalue weighted by atomic mass is 10.0. The predicted molar refractivity (Wildman–Crippen MR) is 107 cm³/mol. The van der Waals surface area contributed by atoms with Crippen molar-refractivity contribution in [3.05, 3.63) is 82.1 Å². The van der Waals surface area contributed by atoms with E-state index in [9.17, 15) is 23.1 Å². The molecule has 1 aromatic heterocycles. The molecule has 0 radical (unpaired) electrons. The molecule has 3 rings (SSSR count). The summed E-state index contributed by atoms with van der Waals surface area (Å²) in [5.74, 6) is -0.497. The van der Waals surface area contributed by atoms with Crippen LogP contribution in [-0.2, 0) is 6.18 Å². The van der Waals surface area contributed by atoms with Crippen molar-refractivity contribution in [1.29, 1.82) is 0 Å². The molecule has 0 spiro atoms. The van der Waals surface area contributed by atoms with Crippen molar-refractivity contribution in [1.82, 2.24) is 15.1 Å². The number of benzene rings is 2. The SMILES string of the molecule is Cc1c(C(=O)N[C@@H](CCO)c2cccc(C(F)(F)F)c2)cnn1-c1ccc(Cl)cc1. The highest BCUT2D eigenvalue weighted by molar-refractivity contribution is 6.30. The number of aliphatic hydroxyl groups is 1. The highest BCUT2D eigenvalue weighted by Crippen LogP contribution is 2.31. The van der Waals surface area contributed by atoms with E-state index in [4.69, 9.17) is 11.6 Å². The van der Waals surface area contributed by atoms with E-state index < -0.39 is 23.7 Å². The molecule has 2 aromatic carbocycles. The molecule has 2 N–H and O–H groups in total. The topological polar surface area (TPSA) is 67.2 Å². The van der Waals surface area contributed by atoms with E-state index in [-0.39, 0.29) is 24.2 Å². The largest absolute Gasteiger partial charge is 0.416 e. The molecule has 0 saturated carbocycles. The minimum absolute atomic E-state index is 0.0669. The van der Waals surface area contributed by atoms with E-state index in [1.165, 1.54) is 18.3 Å². The zero-order valence-electron chi connectivity index (χ0n) is 15.9. The fraction of sp³-hybridized carbons (Fsp3) is 0.238. The highest BCUT2D eigenvalue weighted by atomic mass is 35.5. The molecular formula is C21H19ClF3N3O2. The maximum absolute atomic E-state index is 13.0. The van der Waals surface area contributed by atoms with Crippen LogP contribution in [0.25, 0.3) is 5.69 Å². The number of halogens is 4. The van der Waals surface area contributed by atoms with Gasteiger partial charge < -0.3 is 10.4 Å². The summed E-state index contributed by atoms with van der Waals surface area (Å²) in [6.07, 6.45) is -3.04. The van der Waals surface area contributed by atoms with Crippen LogP contribution in [0.5, 0.6) is 0 Å². The third-order valence-corrected chi connectivity index (χ3v) is 4.92. The normalized spacial score (nSPS) is 12.6. The average Bonchev–Trinajstić information content (AvgIpc) is 3.09. The van der Waals surface area contributed by atoms with Crippen LogP contribution < -0.4 is 5.32 Å². The van der Waals surface area contributed by atoms with Crippen molar-refractivity contribution in [2.45, 2.75) is 25.6 Å². The first-order valence-electron chi connectivity index (χ1n) is 9.10. The lowest BCUT2D eigenvalue weighted by molar-refractivity contribution is -0.137. The Morgan fingerprint density at radius 2 is 1.93 bits per heavy atom. The molecule has 3 aromatic rings. The third-order valence-electron chi connectivity index (χ3n) is 4.67. The minimum Gasteiger partial charge on any atom is -0.396 e. The summed E-state index contributed by atoms with van der Waals surface area (Å²) in [7, 11) is 0. The Morgan fingerprint density at radius 1 is 1.23 bits per heavy atom. The molecule has 0 aliphatic carbocycles.